The van der Waals surface area contributed by atoms with E-state index < -0.39 is 46.8 Å². The van der Waals surface area contributed by atoms with Gasteiger partial charge in [-0.15, -0.1) is 0 Å². The predicted molar refractivity (Wildman–Crippen MR) is 73.6 cm³/mol. The van der Waals surface area contributed by atoms with Gasteiger partial charge in [0.25, 0.3) is 0 Å². The van der Waals surface area contributed by atoms with E-state index in [0.717, 1.165) is 24.2 Å². The summed E-state index contributed by atoms with van der Waals surface area (Å²) in [6, 6.07) is 1.000. The molecule has 23 heavy (non-hydrogen) atoms. The average molecular weight is 321 g/mol. The van der Waals surface area contributed by atoms with Crippen LogP contribution in [0.1, 0.15) is 19.3 Å². The summed E-state index contributed by atoms with van der Waals surface area (Å²) >= 11 is 0. The molecule has 0 radical (unpaired) electrons. The van der Waals surface area contributed by atoms with Crippen molar-refractivity contribution in [2.24, 2.45) is 35.5 Å². The molecule has 6 atom stereocenters. The molecule has 1 heterocycles. The summed E-state index contributed by atoms with van der Waals surface area (Å²) in [7, 11) is 0. The first-order valence-electron chi connectivity index (χ1n) is 8.01. The van der Waals surface area contributed by atoms with E-state index >= 15 is 0 Å². The lowest BCUT2D eigenvalue weighted by Crippen LogP contribution is -2.43. The van der Waals surface area contributed by atoms with Crippen LogP contribution in [0.25, 0.3) is 0 Å². The number of amides is 2. The number of imide groups is 1. The third kappa shape index (κ3) is 1.56. The van der Waals surface area contributed by atoms with Gasteiger partial charge in [0, 0.05) is 12.1 Å². The van der Waals surface area contributed by atoms with Crippen LogP contribution in [0.5, 0.6) is 0 Å². The number of hydrogen-bond acceptors (Lipinski definition) is 2. The molecule has 120 valence electrons. The largest absolute Gasteiger partial charge is 0.274 e. The number of nitrogens with zero attached hydrogens (tertiary/aromatic N) is 1. The number of carbonyl (C=O) groups excluding carboxylic acids is 2. The van der Waals surface area contributed by atoms with Gasteiger partial charge in [0.2, 0.25) is 11.8 Å². The topological polar surface area (TPSA) is 37.4 Å². The molecule has 2 amide bonds. The summed E-state index contributed by atoms with van der Waals surface area (Å²) in [5, 5.41) is 0. The van der Waals surface area contributed by atoms with Gasteiger partial charge in [-0.1, -0.05) is 0 Å². The minimum absolute atomic E-state index is 0.185. The van der Waals surface area contributed by atoms with E-state index in [1.807, 2.05) is 0 Å². The first-order chi connectivity index (χ1) is 11.0. The van der Waals surface area contributed by atoms with E-state index in [-0.39, 0.29) is 11.8 Å². The fourth-order valence-corrected chi connectivity index (χ4v) is 5.46. The van der Waals surface area contributed by atoms with E-state index in [4.69, 9.17) is 0 Å². The average Bonchev–Trinajstić information content (AvgIpc) is 3.29. The maximum atomic E-state index is 14.0. The van der Waals surface area contributed by atoms with E-state index in [1.165, 1.54) is 0 Å². The minimum atomic E-state index is -1.33. The third-order valence-corrected chi connectivity index (χ3v) is 6.38. The Kier molecular flexibility index (Phi) is 2.46. The normalized spacial score (nSPS) is 40.4. The summed E-state index contributed by atoms with van der Waals surface area (Å²) < 4.78 is 40.7. The van der Waals surface area contributed by atoms with Gasteiger partial charge in [-0.05, 0) is 42.9 Å². The van der Waals surface area contributed by atoms with Crippen LogP contribution in [0.2, 0.25) is 0 Å². The maximum absolute atomic E-state index is 14.0. The highest BCUT2D eigenvalue weighted by molar-refractivity contribution is 6.22. The first-order valence-corrected chi connectivity index (χ1v) is 8.01. The Morgan fingerprint density at radius 3 is 1.87 bits per heavy atom. The molecular formula is C17H14F3NO2. The fourth-order valence-electron chi connectivity index (χ4n) is 5.46. The number of rotatable bonds is 1. The molecule has 1 aromatic rings. The van der Waals surface area contributed by atoms with Crippen LogP contribution in [0.4, 0.5) is 18.9 Å². The van der Waals surface area contributed by atoms with Gasteiger partial charge in [0.15, 0.2) is 17.5 Å². The monoisotopic (exact) mass is 321 g/mol. The molecule has 0 spiro atoms. The third-order valence-electron chi connectivity index (χ3n) is 6.38. The Balaban J connectivity index is 1.60. The highest BCUT2D eigenvalue weighted by Gasteiger charge is 2.68. The Morgan fingerprint density at radius 1 is 0.783 bits per heavy atom. The standard InChI is InChI=1S/C17H14F3NO2/c18-10-4-12(20)13(5-11(10)19)21-16(22)14-6-1-2-7(9-3-8(6)9)15(14)17(21)23/h4-9,14-15H,1-3H2. The van der Waals surface area contributed by atoms with Gasteiger partial charge in [-0.25, -0.2) is 18.1 Å². The molecule has 1 saturated heterocycles. The molecule has 4 saturated carbocycles. The van der Waals surface area contributed by atoms with E-state index in [9.17, 15) is 22.8 Å². The van der Waals surface area contributed by atoms with Gasteiger partial charge >= 0.3 is 0 Å². The van der Waals surface area contributed by atoms with Crippen LogP contribution in [0.3, 0.4) is 0 Å². The molecule has 1 aliphatic heterocycles. The second-order valence-corrected chi connectivity index (χ2v) is 7.25. The van der Waals surface area contributed by atoms with E-state index in [1.54, 1.807) is 0 Å². The minimum Gasteiger partial charge on any atom is -0.274 e. The van der Waals surface area contributed by atoms with Crippen molar-refractivity contribution in [2.75, 3.05) is 4.90 Å². The summed E-state index contributed by atoms with van der Waals surface area (Å²) in [5.41, 5.74) is -0.457. The quantitative estimate of drug-likeness (QED) is 0.589. The van der Waals surface area contributed by atoms with Crippen LogP contribution < -0.4 is 4.90 Å². The molecule has 3 nitrogen and oxygen atoms in total. The van der Waals surface area contributed by atoms with E-state index in [0.29, 0.717) is 24.0 Å². The molecule has 1 aromatic carbocycles. The second-order valence-electron chi connectivity index (χ2n) is 7.25. The molecule has 6 unspecified atom stereocenters. The summed E-state index contributed by atoms with van der Waals surface area (Å²) in [4.78, 5) is 26.3. The Labute approximate surface area is 130 Å². The molecule has 2 bridgehead atoms. The van der Waals surface area contributed by atoms with Crippen molar-refractivity contribution < 1.29 is 22.8 Å². The van der Waals surface area contributed by atoms with Crippen LogP contribution in [0.15, 0.2) is 12.1 Å². The van der Waals surface area contributed by atoms with Crippen LogP contribution in [-0.2, 0) is 9.59 Å². The van der Waals surface area contributed by atoms with Crippen LogP contribution >= 0.6 is 0 Å². The van der Waals surface area contributed by atoms with Gasteiger partial charge in [0.1, 0.15) is 0 Å². The molecule has 5 aliphatic rings. The molecule has 4 aliphatic carbocycles. The zero-order valence-electron chi connectivity index (χ0n) is 12.1. The number of fused-ring (bicyclic) bond motifs is 1. The molecule has 5 fully saturated rings. The summed E-state index contributed by atoms with van der Waals surface area (Å²) in [6.45, 7) is 0. The number of halogens is 3. The van der Waals surface area contributed by atoms with Crippen LogP contribution in [-0.4, -0.2) is 11.8 Å². The lowest BCUT2D eigenvalue weighted by Gasteiger charge is -2.42. The number of carbonyl (C=O) groups is 2. The van der Waals surface area contributed by atoms with E-state index in [2.05, 4.69) is 0 Å². The first kappa shape index (κ1) is 13.6. The number of benzene rings is 1. The lowest BCUT2D eigenvalue weighted by atomic mass is 9.59. The zero-order chi connectivity index (χ0) is 16.0. The van der Waals surface area contributed by atoms with Crippen LogP contribution in [0, 0.1) is 53.0 Å². The molecule has 0 N–H and O–H groups in total. The molecular weight excluding hydrogens is 307 g/mol. The molecule has 6 heteroatoms. The summed E-state index contributed by atoms with van der Waals surface area (Å²) in [6.07, 6.45) is 2.95. The molecule has 0 aromatic heterocycles. The molecule has 6 rings (SSSR count). The maximum Gasteiger partial charge on any atom is 0.238 e. The van der Waals surface area contributed by atoms with Crippen molar-refractivity contribution in [1.29, 1.82) is 0 Å². The summed E-state index contributed by atoms with van der Waals surface area (Å²) in [5.74, 6) is -3.96. The van der Waals surface area contributed by atoms with Crippen molar-refractivity contribution in [3.8, 4) is 0 Å². The predicted octanol–water partition coefficient (Wildman–Crippen LogP) is 2.89. The van der Waals surface area contributed by atoms with Crippen molar-refractivity contribution in [3.63, 3.8) is 0 Å². The van der Waals surface area contributed by atoms with Crippen molar-refractivity contribution in [2.45, 2.75) is 19.3 Å². The Morgan fingerprint density at radius 2 is 1.30 bits per heavy atom. The van der Waals surface area contributed by atoms with Gasteiger partial charge in [0.05, 0.1) is 17.5 Å². The second kappa shape index (κ2) is 4.16. The Hall–Kier alpha value is -1.85. The number of anilines is 1. The van der Waals surface area contributed by atoms with Crippen molar-refractivity contribution in [3.05, 3.63) is 29.6 Å². The Bertz CT molecular complexity index is 730. The fraction of sp³-hybridized carbons (Fsp3) is 0.529. The zero-order valence-corrected chi connectivity index (χ0v) is 12.1. The highest BCUT2D eigenvalue weighted by Crippen LogP contribution is 2.68. The smallest absolute Gasteiger partial charge is 0.238 e. The highest BCUT2D eigenvalue weighted by atomic mass is 19.2. The van der Waals surface area contributed by atoms with Crippen molar-refractivity contribution in [1.82, 2.24) is 0 Å². The lowest BCUT2D eigenvalue weighted by molar-refractivity contribution is -0.129. The SMILES string of the molecule is O=C1C2C3CCC(C4CC43)C2C(=O)N1c1cc(F)c(F)cc1F. The van der Waals surface area contributed by atoms with Gasteiger partial charge < -0.3 is 0 Å². The van der Waals surface area contributed by atoms with Gasteiger partial charge in [-0.2, -0.15) is 0 Å². The van der Waals surface area contributed by atoms with Crippen molar-refractivity contribution >= 4 is 17.5 Å². The van der Waals surface area contributed by atoms with Gasteiger partial charge in [-0.3, -0.25) is 9.59 Å². The number of hydrogen-bond donors (Lipinski definition) is 0.